The molecule has 0 unspecified atom stereocenters. The van der Waals surface area contributed by atoms with Gasteiger partial charge in [0.05, 0.1) is 6.10 Å². The molecule has 0 aliphatic heterocycles. The number of nitrogens with zero attached hydrogens (tertiary/aromatic N) is 1. The largest absolute Gasteiger partial charge is 0.480 e. The average Bonchev–Trinajstić information content (AvgIpc) is 3.03. The van der Waals surface area contributed by atoms with Crippen LogP contribution < -0.4 is 0 Å². The van der Waals surface area contributed by atoms with Crippen molar-refractivity contribution in [2.75, 3.05) is 6.61 Å². The highest BCUT2D eigenvalue weighted by Gasteiger charge is 2.39. The van der Waals surface area contributed by atoms with Gasteiger partial charge in [-0.25, -0.2) is 14.5 Å². The first-order chi connectivity index (χ1) is 13.9. The highest BCUT2D eigenvalue weighted by atomic mass is 16.6. The van der Waals surface area contributed by atoms with Crippen LogP contribution in [-0.4, -0.2) is 51.8 Å². The second kappa shape index (κ2) is 8.28. The smallest absolute Gasteiger partial charge is 0.417 e. The lowest BCUT2D eigenvalue weighted by Crippen LogP contribution is -2.53. The lowest BCUT2D eigenvalue weighted by Gasteiger charge is -2.27. The number of benzene rings is 2. The lowest BCUT2D eigenvalue weighted by molar-refractivity contribution is -0.151. The molecule has 2 N–H and O–H groups in total. The maximum atomic E-state index is 12.6. The number of ether oxygens (including phenoxy) is 1. The van der Waals surface area contributed by atoms with E-state index >= 15 is 0 Å². The normalized spacial score (nSPS) is 14.3. The monoisotopic (exact) mass is 395 g/mol. The van der Waals surface area contributed by atoms with E-state index in [9.17, 15) is 24.6 Å². The third kappa shape index (κ3) is 3.77. The van der Waals surface area contributed by atoms with Crippen LogP contribution in [0.2, 0.25) is 0 Å². The van der Waals surface area contributed by atoms with Crippen molar-refractivity contribution in [3.8, 4) is 11.1 Å². The number of carboxylic acid groups (broad SMARTS) is 1. The van der Waals surface area contributed by atoms with Crippen LogP contribution in [0.1, 0.15) is 24.0 Å². The number of carbonyl (C=O) groups is 3. The van der Waals surface area contributed by atoms with E-state index in [4.69, 9.17) is 4.74 Å². The zero-order chi connectivity index (χ0) is 21.1. The molecule has 0 bridgehead atoms. The van der Waals surface area contributed by atoms with Crippen LogP contribution in [0.4, 0.5) is 4.79 Å². The first-order valence-electron chi connectivity index (χ1n) is 9.08. The minimum Gasteiger partial charge on any atom is -0.480 e. The van der Waals surface area contributed by atoms with Crippen molar-refractivity contribution < 1.29 is 29.3 Å². The second-order valence-electron chi connectivity index (χ2n) is 6.74. The van der Waals surface area contributed by atoms with Crippen LogP contribution in [0, 0.1) is 0 Å². The number of carbonyl (C=O) groups excluding carboxylic acids is 2. The Kier molecular flexibility index (Phi) is 5.79. The van der Waals surface area contributed by atoms with Gasteiger partial charge in [0.25, 0.3) is 5.91 Å². The van der Waals surface area contributed by atoms with Gasteiger partial charge in [0, 0.05) is 5.92 Å². The van der Waals surface area contributed by atoms with Crippen molar-refractivity contribution >= 4 is 18.0 Å². The van der Waals surface area contributed by atoms with Gasteiger partial charge >= 0.3 is 12.1 Å². The topological polar surface area (TPSA) is 104 Å². The minimum absolute atomic E-state index is 0.0834. The van der Waals surface area contributed by atoms with E-state index in [-0.39, 0.29) is 12.5 Å². The number of rotatable bonds is 6. The fourth-order valence-electron chi connectivity index (χ4n) is 3.64. The molecule has 2 aromatic carbocycles. The van der Waals surface area contributed by atoms with Gasteiger partial charge in [-0.2, -0.15) is 0 Å². The Balaban J connectivity index is 1.86. The molecule has 0 spiro atoms. The van der Waals surface area contributed by atoms with Crippen LogP contribution in [0.5, 0.6) is 0 Å². The molecule has 0 fully saturated rings. The summed E-state index contributed by atoms with van der Waals surface area (Å²) in [5, 5.41) is 19.1. The van der Waals surface area contributed by atoms with E-state index in [1.165, 1.54) is 6.92 Å². The Morgan fingerprint density at radius 3 is 2.07 bits per heavy atom. The number of carboxylic acids is 1. The summed E-state index contributed by atoms with van der Waals surface area (Å²) in [7, 11) is 0. The number of fused-ring (bicyclic) bond motifs is 3. The number of hydrogen-bond acceptors (Lipinski definition) is 5. The predicted molar refractivity (Wildman–Crippen MR) is 105 cm³/mol. The molecule has 29 heavy (non-hydrogen) atoms. The van der Waals surface area contributed by atoms with Gasteiger partial charge in [-0.3, -0.25) is 4.79 Å². The van der Waals surface area contributed by atoms with Crippen LogP contribution in [-0.2, 0) is 14.3 Å². The maximum absolute atomic E-state index is 12.6. The molecule has 150 valence electrons. The summed E-state index contributed by atoms with van der Waals surface area (Å²) in [6.07, 6.45) is -1.83. The van der Waals surface area contributed by atoms with Crippen molar-refractivity contribution in [1.82, 2.24) is 4.90 Å². The van der Waals surface area contributed by atoms with Gasteiger partial charge in [0.2, 0.25) is 0 Å². The zero-order valence-electron chi connectivity index (χ0n) is 15.8. The maximum Gasteiger partial charge on any atom is 0.417 e. The zero-order valence-corrected chi connectivity index (χ0v) is 15.8. The van der Waals surface area contributed by atoms with E-state index in [2.05, 4.69) is 6.58 Å². The third-order valence-corrected chi connectivity index (χ3v) is 4.93. The van der Waals surface area contributed by atoms with Crippen molar-refractivity contribution in [3.63, 3.8) is 0 Å². The molecule has 2 atom stereocenters. The van der Waals surface area contributed by atoms with Gasteiger partial charge in [-0.05, 0) is 35.3 Å². The van der Waals surface area contributed by atoms with Crippen LogP contribution >= 0.6 is 0 Å². The van der Waals surface area contributed by atoms with Gasteiger partial charge in [0.15, 0.2) is 6.04 Å². The summed E-state index contributed by atoms with van der Waals surface area (Å²) < 4.78 is 5.35. The Hall–Kier alpha value is -3.45. The summed E-state index contributed by atoms with van der Waals surface area (Å²) in [5.41, 5.74) is 4.04. The highest BCUT2D eigenvalue weighted by Crippen LogP contribution is 2.44. The number of aliphatic hydroxyl groups is 1. The van der Waals surface area contributed by atoms with Gasteiger partial charge in [-0.15, -0.1) is 0 Å². The fourth-order valence-corrected chi connectivity index (χ4v) is 3.64. The molecule has 3 rings (SSSR count). The van der Waals surface area contributed by atoms with Crippen molar-refractivity contribution in [2.45, 2.75) is 25.0 Å². The molecule has 1 aliphatic rings. The Labute approximate surface area is 167 Å². The molecule has 0 saturated carbocycles. The van der Waals surface area contributed by atoms with Crippen LogP contribution in [0.15, 0.2) is 61.2 Å². The molecule has 2 aromatic rings. The van der Waals surface area contributed by atoms with Gasteiger partial charge in [0.1, 0.15) is 6.61 Å². The van der Waals surface area contributed by atoms with E-state index in [0.29, 0.717) is 4.90 Å². The SMILES string of the molecule is C=CC(=O)N(C(=O)OCC1c2ccccc2-c2ccccc21)[C@H](C(=O)O)[C@@H](C)O. The number of aliphatic carboxylic acids is 1. The van der Waals surface area contributed by atoms with Crippen LogP contribution in [0.25, 0.3) is 11.1 Å². The van der Waals surface area contributed by atoms with E-state index < -0.39 is 30.1 Å². The predicted octanol–water partition coefficient (Wildman–Crippen LogP) is 2.78. The summed E-state index contributed by atoms with van der Waals surface area (Å²) in [6, 6.07) is 13.7. The number of amides is 2. The lowest BCUT2D eigenvalue weighted by atomic mass is 9.98. The van der Waals surface area contributed by atoms with Crippen molar-refractivity contribution in [1.29, 1.82) is 0 Å². The quantitative estimate of drug-likeness (QED) is 0.729. The summed E-state index contributed by atoms with van der Waals surface area (Å²) in [6.45, 7) is 4.38. The summed E-state index contributed by atoms with van der Waals surface area (Å²) in [5.74, 6) is -2.74. The van der Waals surface area contributed by atoms with E-state index in [1.807, 2.05) is 48.5 Å². The number of aliphatic hydroxyl groups excluding tert-OH is 1. The van der Waals surface area contributed by atoms with E-state index in [1.54, 1.807) is 0 Å². The number of hydrogen-bond donors (Lipinski definition) is 2. The average molecular weight is 395 g/mol. The van der Waals surface area contributed by atoms with Gasteiger partial charge in [-0.1, -0.05) is 55.1 Å². The molecule has 0 aromatic heterocycles. The van der Waals surface area contributed by atoms with Crippen molar-refractivity contribution in [3.05, 3.63) is 72.3 Å². The number of imide groups is 1. The van der Waals surface area contributed by atoms with Crippen LogP contribution in [0.3, 0.4) is 0 Å². The first-order valence-corrected chi connectivity index (χ1v) is 9.08. The summed E-state index contributed by atoms with van der Waals surface area (Å²) >= 11 is 0. The molecule has 7 heteroatoms. The minimum atomic E-state index is -1.78. The molecule has 0 radical (unpaired) electrons. The van der Waals surface area contributed by atoms with Crippen molar-refractivity contribution in [2.24, 2.45) is 0 Å². The molecular formula is C22H21NO6. The Bertz CT molecular complexity index is 922. The molecule has 0 heterocycles. The molecule has 1 aliphatic carbocycles. The first kappa shape index (κ1) is 20.3. The molecule has 2 amide bonds. The Morgan fingerprint density at radius 1 is 1.10 bits per heavy atom. The standard InChI is InChI=1S/C22H21NO6/c1-3-19(25)23(20(13(2)24)21(26)27)22(28)29-12-18-16-10-6-4-8-14(16)15-9-5-7-11-17(15)18/h3-11,13,18,20,24H,1,12H2,2H3,(H,26,27)/t13-,20+/m1/s1. The second-order valence-corrected chi connectivity index (χ2v) is 6.74. The Morgan fingerprint density at radius 2 is 1.62 bits per heavy atom. The fraction of sp³-hybridized carbons (Fsp3) is 0.227. The molecular weight excluding hydrogens is 374 g/mol. The third-order valence-electron chi connectivity index (χ3n) is 4.93. The molecule has 7 nitrogen and oxygen atoms in total. The highest BCUT2D eigenvalue weighted by molar-refractivity contribution is 6.01. The van der Waals surface area contributed by atoms with Gasteiger partial charge < -0.3 is 14.9 Å². The van der Waals surface area contributed by atoms with E-state index in [0.717, 1.165) is 28.3 Å². The molecule has 0 saturated heterocycles. The summed E-state index contributed by atoms with van der Waals surface area (Å²) in [4.78, 5) is 36.6.